The monoisotopic (exact) mass is 319 g/mol. The van der Waals surface area contributed by atoms with Gasteiger partial charge in [-0.3, -0.25) is 0 Å². The molecule has 1 heteroatoms. The van der Waals surface area contributed by atoms with Crippen molar-refractivity contribution in [2.45, 2.75) is 35.0 Å². The molecule has 116 valence electrons. The summed E-state index contributed by atoms with van der Waals surface area (Å²) in [6.45, 7) is 4.54. The summed E-state index contributed by atoms with van der Waals surface area (Å²) in [7, 11) is -0.0356. The van der Waals surface area contributed by atoms with Gasteiger partial charge in [-0.25, -0.2) is 0 Å². The van der Waals surface area contributed by atoms with Gasteiger partial charge in [-0.05, 0) is 54.3 Å². The highest BCUT2D eigenvalue weighted by Gasteiger charge is 2.27. The highest BCUT2D eigenvalue weighted by atomic mass is 32.2. The molecule has 0 spiro atoms. The molecule has 0 heterocycles. The lowest BCUT2D eigenvalue weighted by atomic mass is 10.0. The molecule has 23 heavy (non-hydrogen) atoms. The molecule has 0 aliphatic heterocycles. The molecule has 3 aromatic rings. The average molecular weight is 319 g/mol. The van der Waals surface area contributed by atoms with E-state index in [0.717, 1.165) is 6.42 Å². The van der Waals surface area contributed by atoms with Crippen LogP contribution in [0.4, 0.5) is 0 Å². The maximum Gasteiger partial charge on any atom is 0.166 e. The fourth-order valence-corrected chi connectivity index (χ4v) is 4.84. The van der Waals surface area contributed by atoms with Crippen molar-refractivity contribution in [1.82, 2.24) is 0 Å². The van der Waals surface area contributed by atoms with Crippen molar-refractivity contribution < 1.29 is 0 Å². The second kappa shape index (κ2) is 7.52. The summed E-state index contributed by atoms with van der Waals surface area (Å²) in [5.41, 5.74) is 1.42. The molecule has 0 aliphatic rings. The third-order valence-corrected chi connectivity index (χ3v) is 5.99. The third-order valence-electron chi connectivity index (χ3n) is 3.76. The van der Waals surface area contributed by atoms with E-state index >= 15 is 0 Å². The molecule has 0 aliphatic carbocycles. The molecule has 0 saturated heterocycles. The van der Waals surface area contributed by atoms with E-state index < -0.39 is 0 Å². The summed E-state index contributed by atoms with van der Waals surface area (Å²) >= 11 is 0. The van der Waals surface area contributed by atoms with Gasteiger partial charge in [0.25, 0.3) is 0 Å². The molecule has 0 unspecified atom stereocenters. The first-order valence-electron chi connectivity index (χ1n) is 8.17. The molecule has 0 amide bonds. The lowest BCUT2D eigenvalue weighted by Gasteiger charge is -2.09. The SMILES string of the molecule is CC(C)Cc1ccc([S+](c2ccccc2)c2ccccc2)cc1. The Labute approximate surface area is 142 Å². The zero-order valence-corrected chi connectivity index (χ0v) is 14.6. The van der Waals surface area contributed by atoms with Crippen LogP contribution in [0, 0.1) is 5.92 Å². The second-order valence-electron chi connectivity index (χ2n) is 6.17. The first-order chi connectivity index (χ1) is 11.2. The van der Waals surface area contributed by atoms with E-state index in [1.807, 2.05) is 0 Å². The minimum Gasteiger partial charge on any atom is -0.0625 e. The standard InChI is InChI=1S/C22H23S/c1-18(2)17-19-13-15-22(16-14-19)23(20-9-5-3-6-10-20)21-11-7-4-8-12-21/h3-16,18H,17H2,1-2H3/q+1. The van der Waals surface area contributed by atoms with E-state index in [9.17, 15) is 0 Å². The average Bonchev–Trinajstić information content (AvgIpc) is 2.58. The first-order valence-corrected chi connectivity index (χ1v) is 9.40. The Bertz CT molecular complexity index is 675. The molecule has 0 saturated carbocycles. The van der Waals surface area contributed by atoms with Crippen molar-refractivity contribution in [2.75, 3.05) is 0 Å². The van der Waals surface area contributed by atoms with E-state index in [-0.39, 0.29) is 10.9 Å². The van der Waals surface area contributed by atoms with Crippen LogP contribution in [0.3, 0.4) is 0 Å². The van der Waals surface area contributed by atoms with Crippen molar-refractivity contribution in [1.29, 1.82) is 0 Å². The number of benzene rings is 3. The predicted octanol–water partition coefficient (Wildman–Crippen LogP) is 5.98. The van der Waals surface area contributed by atoms with Crippen LogP contribution in [0.5, 0.6) is 0 Å². The molecule has 0 atom stereocenters. The van der Waals surface area contributed by atoms with Crippen LogP contribution in [0.1, 0.15) is 19.4 Å². The van der Waals surface area contributed by atoms with Gasteiger partial charge in [0.2, 0.25) is 0 Å². The first kappa shape index (κ1) is 15.9. The lowest BCUT2D eigenvalue weighted by Crippen LogP contribution is -2.05. The summed E-state index contributed by atoms with van der Waals surface area (Å²) in [6.07, 6.45) is 1.14. The van der Waals surface area contributed by atoms with Crippen LogP contribution in [0.25, 0.3) is 0 Å². The van der Waals surface area contributed by atoms with Crippen molar-refractivity contribution in [3.8, 4) is 0 Å². The van der Waals surface area contributed by atoms with Crippen molar-refractivity contribution in [3.05, 3.63) is 90.5 Å². The topological polar surface area (TPSA) is 0 Å². The van der Waals surface area contributed by atoms with Crippen LogP contribution in [0.15, 0.2) is 99.6 Å². The summed E-state index contributed by atoms with van der Waals surface area (Å²) in [5, 5.41) is 0. The molecule has 0 N–H and O–H groups in total. The van der Waals surface area contributed by atoms with Crippen LogP contribution < -0.4 is 0 Å². The Hall–Kier alpha value is -1.99. The Morgan fingerprint density at radius 3 is 1.48 bits per heavy atom. The Kier molecular flexibility index (Phi) is 5.19. The van der Waals surface area contributed by atoms with E-state index in [4.69, 9.17) is 0 Å². The molecule has 0 radical (unpaired) electrons. The normalized spacial score (nSPS) is 11.1. The van der Waals surface area contributed by atoms with Gasteiger partial charge in [-0.1, -0.05) is 62.4 Å². The highest BCUT2D eigenvalue weighted by molar-refractivity contribution is 7.97. The van der Waals surface area contributed by atoms with E-state index in [2.05, 4.69) is 98.8 Å². The van der Waals surface area contributed by atoms with Gasteiger partial charge in [-0.2, -0.15) is 0 Å². The van der Waals surface area contributed by atoms with E-state index in [1.54, 1.807) is 0 Å². The van der Waals surface area contributed by atoms with E-state index in [1.165, 1.54) is 20.2 Å². The maximum absolute atomic E-state index is 2.31. The molecule has 3 rings (SSSR count). The molecular formula is C22H23S+. The molecule has 0 nitrogen and oxygen atoms in total. The van der Waals surface area contributed by atoms with Gasteiger partial charge in [-0.15, -0.1) is 0 Å². The third kappa shape index (κ3) is 4.05. The highest BCUT2D eigenvalue weighted by Crippen LogP contribution is 2.31. The number of hydrogen-bond acceptors (Lipinski definition) is 0. The molecule has 0 fully saturated rings. The number of hydrogen-bond donors (Lipinski definition) is 0. The van der Waals surface area contributed by atoms with Crippen LogP contribution in [-0.4, -0.2) is 0 Å². The Morgan fingerprint density at radius 1 is 0.609 bits per heavy atom. The Balaban J connectivity index is 1.99. The van der Waals surface area contributed by atoms with Crippen molar-refractivity contribution in [2.24, 2.45) is 5.92 Å². The second-order valence-corrected chi connectivity index (χ2v) is 8.20. The van der Waals surface area contributed by atoms with Crippen molar-refractivity contribution >= 4 is 10.9 Å². The summed E-state index contributed by atoms with van der Waals surface area (Å²) in [4.78, 5) is 4.13. The van der Waals surface area contributed by atoms with Gasteiger partial charge >= 0.3 is 0 Å². The molecule has 0 aromatic heterocycles. The largest absolute Gasteiger partial charge is 0.166 e. The van der Waals surface area contributed by atoms with E-state index in [0.29, 0.717) is 5.92 Å². The fraction of sp³-hybridized carbons (Fsp3) is 0.182. The van der Waals surface area contributed by atoms with Gasteiger partial charge < -0.3 is 0 Å². The van der Waals surface area contributed by atoms with Gasteiger partial charge in [0.1, 0.15) is 0 Å². The van der Waals surface area contributed by atoms with Crippen LogP contribution >= 0.6 is 0 Å². The quantitative estimate of drug-likeness (QED) is 0.507. The minimum absolute atomic E-state index is 0.0356. The zero-order chi connectivity index (χ0) is 16.1. The number of rotatable bonds is 5. The van der Waals surface area contributed by atoms with Crippen LogP contribution in [-0.2, 0) is 17.3 Å². The van der Waals surface area contributed by atoms with Crippen LogP contribution in [0.2, 0.25) is 0 Å². The smallest absolute Gasteiger partial charge is 0.0625 e. The van der Waals surface area contributed by atoms with Gasteiger partial charge in [0, 0.05) is 0 Å². The predicted molar refractivity (Wildman–Crippen MR) is 100 cm³/mol. The minimum atomic E-state index is -0.0356. The molecule has 0 bridgehead atoms. The molecule has 3 aromatic carbocycles. The summed E-state index contributed by atoms with van der Waals surface area (Å²) < 4.78 is 0. The summed E-state index contributed by atoms with van der Waals surface area (Å²) in [5.74, 6) is 0.697. The fourth-order valence-electron chi connectivity index (χ4n) is 2.75. The lowest BCUT2D eigenvalue weighted by molar-refractivity contribution is 0.647. The van der Waals surface area contributed by atoms with Gasteiger partial charge in [0.05, 0.1) is 10.9 Å². The van der Waals surface area contributed by atoms with Crippen molar-refractivity contribution in [3.63, 3.8) is 0 Å². The van der Waals surface area contributed by atoms with Gasteiger partial charge in [0.15, 0.2) is 14.7 Å². The Morgan fingerprint density at radius 2 is 1.04 bits per heavy atom. The summed E-state index contributed by atoms with van der Waals surface area (Å²) in [6, 6.07) is 30.8. The maximum atomic E-state index is 2.31. The molecular weight excluding hydrogens is 296 g/mol. The zero-order valence-electron chi connectivity index (χ0n) is 13.8.